The van der Waals surface area contributed by atoms with Crippen molar-refractivity contribution in [1.82, 2.24) is 9.03 Å². The third kappa shape index (κ3) is 4.05. The van der Waals surface area contributed by atoms with Crippen LogP contribution >= 0.6 is 0 Å². The molecule has 0 saturated carbocycles. The van der Waals surface area contributed by atoms with Crippen molar-refractivity contribution in [2.24, 2.45) is 0 Å². The summed E-state index contributed by atoms with van der Waals surface area (Å²) in [7, 11) is -2.23. The summed E-state index contributed by atoms with van der Waals surface area (Å²) in [5.41, 5.74) is 0. The first kappa shape index (κ1) is 13.4. The van der Waals surface area contributed by atoms with E-state index in [1.165, 1.54) is 11.4 Å². The molecule has 0 aromatic rings. The van der Waals surface area contributed by atoms with Crippen LogP contribution < -0.4 is 4.72 Å². The fourth-order valence-corrected chi connectivity index (χ4v) is 2.43. The fraction of sp³-hybridized carbons (Fsp3) is 0.875. The van der Waals surface area contributed by atoms with Crippen molar-refractivity contribution >= 4 is 16.2 Å². The molecule has 94 valence electrons. The van der Waals surface area contributed by atoms with Crippen LogP contribution in [0.1, 0.15) is 6.42 Å². The van der Waals surface area contributed by atoms with Crippen LogP contribution in [0.15, 0.2) is 0 Å². The zero-order chi connectivity index (χ0) is 12.0. The number of nitrogens with one attached hydrogen (secondary N) is 1. The highest BCUT2D eigenvalue weighted by Crippen LogP contribution is 2.02. The van der Waals surface area contributed by atoms with Crippen LogP contribution in [0.4, 0.5) is 0 Å². The van der Waals surface area contributed by atoms with Crippen LogP contribution in [0.5, 0.6) is 0 Å². The van der Waals surface area contributed by atoms with Gasteiger partial charge in [0.1, 0.15) is 0 Å². The van der Waals surface area contributed by atoms with Crippen LogP contribution in [-0.4, -0.2) is 58.7 Å². The predicted octanol–water partition coefficient (Wildman–Crippen LogP) is -1.28. The van der Waals surface area contributed by atoms with Gasteiger partial charge in [0.05, 0.1) is 26.7 Å². The standard InChI is InChI=1S/C8H16N2O5S/c1-14-8(11)2-3-9-16(12,13)10-4-6-15-7-5-10/h9H,2-7H2,1H3. The quantitative estimate of drug-likeness (QED) is 0.616. The van der Waals surface area contributed by atoms with Gasteiger partial charge in [-0.25, -0.2) is 4.72 Å². The van der Waals surface area contributed by atoms with E-state index in [-0.39, 0.29) is 13.0 Å². The molecule has 1 rings (SSSR count). The van der Waals surface area contributed by atoms with Crippen molar-refractivity contribution in [2.75, 3.05) is 40.0 Å². The summed E-state index contributed by atoms with van der Waals surface area (Å²) in [6.45, 7) is 1.53. The number of hydrogen-bond acceptors (Lipinski definition) is 5. The molecular formula is C8H16N2O5S. The molecule has 16 heavy (non-hydrogen) atoms. The van der Waals surface area contributed by atoms with Gasteiger partial charge in [0, 0.05) is 19.6 Å². The molecule has 0 atom stereocenters. The zero-order valence-electron chi connectivity index (χ0n) is 9.14. The van der Waals surface area contributed by atoms with Gasteiger partial charge in [-0.15, -0.1) is 0 Å². The Morgan fingerprint density at radius 1 is 1.44 bits per heavy atom. The van der Waals surface area contributed by atoms with Crippen molar-refractivity contribution in [2.45, 2.75) is 6.42 Å². The van der Waals surface area contributed by atoms with Gasteiger partial charge < -0.3 is 9.47 Å². The number of carbonyl (C=O) groups is 1. The molecule has 0 bridgehead atoms. The first-order chi connectivity index (χ1) is 7.56. The van der Waals surface area contributed by atoms with Gasteiger partial charge in [-0.1, -0.05) is 0 Å². The lowest BCUT2D eigenvalue weighted by atomic mass is 10.4. The number of esters is 1. The van der Waals surface area contributed by atoms with E-state index in [1.807, 2.05) is 0 Å². The number of carbonyl (C=O) groups excluding carboxylic acids is 1. The minimum absolute atomic E-state index is 0.0278. The molecule has 1 fully saturated rings. The molecule has 1 aliphatic rings. The summed E-state index contributed by atoms with van der Waals surface area (Å²) in [4.78, 5) is 10.8. The highest BCUT2D eigenvalue weighted by Gasteiger charge is 2.23. The zero-order valence-corrected chi connectivity index (χ0v) is 9.96. The normalized spacial score (nSPS) is 18.3. The van der Waals surface area contributed by atoms with Crippen LogP contribution in [0, 0.1) is 0 Å². The van der Waals surface area contributed by atoms with E-state index in [2.05, 4.69) is 9.46 Å². The molecule has 0 unspecified atom stereocenters. The van der Waals surface area contributed by atoms with Crippen LogP contribution in [0.25, 0.3) is 0 Å². The number of hydrogen-bond donors (Lipinski definition) is 1. The lowest BCUT2D eigenvalue weighted by Gasteiger charge is -2.25. The Kier molecular flexibility index (Phi) is 5.13. The Labute approximate surface area is 94.9 Å². The molecule has 1 aliphatic heterocycles. The largest absolute Gasteiger partial charge is 0.469 e. The second kappa shape index (κ2) is 6.14. The van der Waals surface area contributed by atoms with E-state index in [9.17, 15) is 13.2 Å². The van der Waals surface area contributed by atoms with E-state index in [0.29, 0.717) is 26.3 Å². The van der Waals surface area contributed by atoms with Crippen molar-refractivity contribution < 1.29 is 22.7 Å². The number of nitrogens with zero attached hydrogens (tertiary/aromatic N) is 1. The molecule has 8 heteroatoms. The number of morpholine rings is 1. The molecule has 7 nitrogen and oxygen atoms in total. The summed E-state index contributed by atoms with van der Waals surface area (Å²) in [5.74, 6) is -0.440. The van der Waals surface area contributed by atoms with Crippen LogP contribution in [0.3, 0.4) is 0 Å². The van der Waals surface area contributed by atoms with Crippen molar-refractivity contribution in [3.63, 3.8) is 0 Å². The van der Waals surface area contributed by atoms with Gasteiger partial charge in [-0.2, -0.15) is 12.7 Å². The maximum Gasteiger partial charge on any atom is 0.306 e. The third-order valence-electron chi connectivity index (χ3n) is 2.15. The van der Waals surface area contributed by atoms with Crippen molar-refractivity contribution in [3.8, 4) is 0 Å². The molecule has 1 saturated heterocycles. The van der Waals surface area contributed by atoms with Crippen LogP contribution in [-0.2, 0) is 24.5 Å². The predicted molar refractivity (Wildman–Crippen MR) is 55.9 cm³/mol. The van der Waals surface area contributed by atoms with E-state index in [0.717, 1.165) is 0 Å². The summed E-state index contributed by atoms with van der Waals surface area (Å²) in [6, 6.07) is 0. The van der Waals surface area contributed by atoms with Gasteiger partial charge in [-0.3, -0.25) is 4.79 Å². The SMILES string of the molecule is COC(=O)CCNS(=O)(=O)N1CCOCC1. The minimum Gasteiger partial charge on any atom is -0.469 e. The topological polar surface area (TPSA) is 84.9 Å². The van der Waals surface area contributed by atoms with E-state index >= 15 is 0 Å². The first-order valence-corrected chi connectivity index (χ1v) is 6.39. The van der Waals surface area contributed by atoms with Gasteiger partial charge in [0.15, 0.2) is 0 Å². The summed E-state index contributed by atoms with van der Waals surface area (Å²) in [6.07, 6.45) is 0.0278. The van der Waals surface area contributed by atoms with Gasteiger partial charge in [0.2, 0.25) is 0 Å². The van der Waals surface area contributed by atoms with Gasteiger partial charge in [-0.05, 0) is 0 Å². The molecule has 0 aromatic heterocycles. The Balaban J connectivity index is 2.36. The third-order valence-corrected chi connectivity index (χ3v) is 3.77. The molecule has 0 radical (unpaired) electrons. The summed E-state index contributed by atoms with van der Waals surface area (Å²) < 4.78 is 36.4. The molecule has 0 amide bonds. The molecule has 0 aromatic carbocycles. The van der Waals surface area contributed by atoms with E-state index in [4.69, 9.17) is 4.74 Å². The molecule has 0 aliphatic carbocycles. The van der Waals surface area contributed by atoms with Gasteiger partial charge in [0.25, 0.3) is 10.2 Å². The summed E-state index contributed by atoms with van der Waals surface area (Å²) in [5, 5.41) is 0. The van der Waals surface area contributed by atoms with E-state index in [1.54, 1.807) is 0 Å². The minimum atomic E-state index is -3.49. The molecule has 1 heterocycles. The Morgan fingerprint density at radius 3 is 2.62 bits per heavy atom. The maximum absolute atomic E-state index is 11.7. The Morgan fingerprint density at radius 2 is 2.06 bits per heavy atom. The number of methoxy groups -OCH3 is 1. The monoisotopic (exact) mass is 252 g/mol. The van der Waals surface area contributed by atoms with Crippen molar-refractivity contribution in [1.29, 1.82) is 0 Å². The molecular weight excluding hydrogens is 236 g/mol. The number of ether oxygens (including phenoxy) is 2. The first-order valence-electron chi connectivity index (χ1n) is 4.95. The van der Waals surface area contributed by atoms with Crippen LogP contribution in [0.2, 0.25) is 0 Å². The maximum atomic E-state index is 11.7. The van der Waals surface area contributed by atoms with Gasteiger partial charge >= 0.3 is 5.97 Å². The van der Waals surface area contributed by atoms with E-state index < -0.39 is 16.2 Å². The second-order valence-electron chi connectivity index (χ2n) is 3.24. The lowest BCUT2D eigenvalue weighted by Crippen LogP contribution is -2.47. The van der Waals surface area contributed by atoms with Crippen molar-refractivity contribution in [3.05, 3.63) is 0 Å². The number of rotatable bonds is 5. The second-order valence-corrected chi connectivity index (χ2v) is 4.99. The average Bonchev–Trinajstić information content (AvgIpc) is 2.30. The average molecular weight is 252 g/mol. The smallest absolute Gasteiger partial charge is 0.306 e. The fourth-order valence-electron chi connectivity index (χ4n) is 1.26. The highest BCUT2D eigenvalue weighted by molar-refractivity contribution is 7.87. The Bertz CT molecular complexity index is 323. The lowest BCUT2D eigenvalue weighted by molar-refractivity contribution is -0.140. The Hall–Kier alpha value is -0.700. The highest BCUT2D eigenvalue weighted by atomic mass is 32.2. The molecule has 0 spiro atoms. The summed E-state index contributed by atoms with van der Waals surface area (Å²) >= 11 is 0. The molecule has 1 N–H and O–H groups in total.